The van der Waals surface area contributed by atoms with Gasteiger partial charge in [0.05, 0.1) is 0 Å². The van der Waals surface area contributed by atoms with Crippen LogP contribution in [0.3, 0.4) is 0 Å². The Hall–Kier alpha value is -2.37. The molecule has 0 aliphatic heterocycles. The molecule has 1 atom stereocenters. The van der Waals surface area contributed by atoms with Crippen LogP contribution in [0.5, 0.6) is 0 Å². The van der Waals surface area contributed by atoms with Gasteiger partial charge in [-0.15, -0.1) is 0 Å². The standard InChI is InChI=1S/C16H22N2O4/c1-4-12(3)18-14(19)10-22-15(20)9-17-16(21)13-7-5-6-11(2)8-13/h5-8,12H,4,9-10H2,1-3H3,(H,17,21)(H,18,19). The Morgan fingerprint density at radius 3 is 2.64 bits per heavy atom. The minimum absolute atomic E-state index is 0.0345. The van der Waals surface area contributed by atoms with E-state index in [1.807, 2.05) is 26.8 Å². The Bertz CT molecular complexity index is 543. The van der Waals surface area contributed by atoms with Crippen LogP contribution in [0.15, 0.2) is 24.3 Å². The molecule has 2 N–H and O–H groups in total. The molecule has 22 heavy (non-hydrogen) atoms. The van der Waals surface area contributed by atoms with Crippen molar-refractivity contribution in [2.75, 3.05) is 13.2 Å². The zero-order valence-corrected chi connectivity index (χ0v) is 13.1. The summed E-state index contributed by atoms with van der Waals surface area (Å²) in [4.78, 5) is 34.8. The minimum atomic E-state index is -0.652. The molecule has 1 rings (SSSR count). The molecule has 0 aliphatic rings. The predicted octanol–water partition coefficient (Wildman–Crippen LogP) is 1.18. The molecule has 6 nitrogen and oxygen atoms in total. The molecular weight excluding hydrogens is 284 g/mol. The third-order valence-electron chi connectivity index (χ3n) is 3.06. The lowest BCUT2D eigenvalue weighted by molar-refractivity contribution is -0.147. The van der Waals surface area contributed by atoms with E-state index in [1.54, 1.807) is 18.2 Å². The molecule has 6 heteroatoms. The predicted molar refractivity (Wildman–Crippen MR) is 82.4 cm³/mol. The Kier molecular flexibility index (Phi) is 7.08. The van der Waals surface area contributed by atoms with E-state index >= 15 is 0 Å². The molecule has 1 unspecified atom stereocenters. The fourth-order valence-electron chi connectivity index (χ4n) is 1.66. The summed E-state index contributed by atoms with van der Waals surface area (Å²) in [6, 6.07) is 7.06. The lowest BCUT2D eigenvalue weighted by atomic mass is 10.1. The number of nitrogens with one attached hydrogen (secondary N) is 2. The van der Waals surface area contributed by atoms with Crippen LogP contribution in [0.1, 0.15) is 36.2 Å². The molecule has 2 amide bonds. The number of hydrogen-bond donors (Lipinski definition) is 2. The highest BCUT2D eigenvalue weighted by molar-refractivity contribution is 5.96. The number of amides is 2. The molecular formula is C16H22N2O4. The topological polar surface area (TPSA) is 84.5 Å². The molecule has 0 saturated heterocycles. The molecule has 1 aromatic rings. The Morgan fingerprint density at radius 2 is 2.00 bits per heavy atom. The van der Waals surface area contributed by atoms with Gasteiger partial charge in [-0.2, -0.15) is 0 Å². The Morgan fingerprint density at radius 1 is 1.27 bits per heavy atom. The van der Waals surface area contributed by atoms with Gasteiger partial charge in [-0.05, 0) is 32.4 Å². The quantitative estimate of drug-likeness (QED) is 0.741. The zero-order chi connectivity index (χ0) is 16.5. The van der Waals surface area contributed by atoms with Crippen molar-refractivity contribution < 1.29 is 19.1 Å². The first-order valence-electron chi connectivity index (χ1n) is 7.22. The monoisotopic (exact) mass is 306 g/mol. The Labute approximate surface area is 130 Å². The molecule has 0 fully saturated rings. The lowest BCUT2D eigenvalue weighted by Gasteiger charge is -2.11. The highest BCUT2D eigenvalue weighted by Gasteiger charge is 2.11. The zero-order valence-electron chi connectivity index (χ0n) is 13.1. The Balaban J connectivity index is 2.31. The minimum Gasteiger partial charge on any atom is -0.454 e. The van der Waals surface area contributed by atoms with Gasteiger partial charge >= 0.3 is 5.97 Å². The SMILES string of the molecule is CCC(C)NC(=O)COC(=O)CNC(=O)c1cccc(C)c1. The number of benzene rings is 1. The summed E-state index contributed by atoms with van der Waals surface area (Å²) in [5.74, 6) is -1.36. The fraction of sp³-hybridized carbons (Fsp3) is 0.438. The summed E-state index contributed by atoms with van der Waals surface area (Å²) < 4.78 is 4.79. The number of hydrogen-bond acceptors (Lipinski definition) is 4. The second kappa shape index (κ2) is 8.81. The smallest absolute Gasteiger partial charge is 0.325 e. The summed E-state index contributed by atoms with van der Waals surface area (Å²) in [6.07, 6.45) is 0.798. The molecule has 0 bridgehead atoms. The molecule has 0 spiro atoms. The van der Waals surface area contributed by atoms with Crippen molar-refractivity contribution in [2.24, 2.45) is 0 Å². The first-order chi connectivity index (χ1) is 10.4. The number of esters is 1. The summed E-state index contributed by atoms with van der Waals surface area (Å²) in [7, 11) is 0. The van der Waals surface area contributed by atoms with Gasteiger partial charge in [0.15, 0.2) is 6.61 Å². The van der Waals surface area contributed by atoms with Gasteiger partial charge in [-0.25, -0.2) is 0 Å². The average molecular weight is 306 g/mol. The van der Waals surface area contributed by atoms with Crippen molar-refractivity contribution in [1.82, 2.24) is 10.6 Å². The van der Waals surface area contributed by atoms with Crippen molar-refractivity contribution in [2.45, 2.75) is 33.2 Å². The van der Waals surface area contributed by atoms with Gasteiger partial charge in [0.1, 0.15) is 6.54 Å². The first-order valence-corrected chi connectivity index (χ1v) is 7.22. The molecule has 1 aromatic carbocycles. The van der Waals surface area contributed by atoms with E-state index in [4.69, 9.17) is 4.74 Å². The van der Waals surface area contributed by atoms with Crippen LogP contribution in [0.2, 0.25) is 0 Å². The summed E-state index contributed by atoms with van der Waals surface area (Å²) >= 11 is 0. The van der Waals surface area contributed by atoms with Crippen molar-refractivity contribution in [3.05, 3.63) is 35.4 Å². The van der Waals surface area contributed by atoms with Crippen molar-refractivity contribution in [3.63, 3.8) is 0 Å². The lowest BCUT2D eigenvalue weighted by Crippen LogP contribution is -2.37. The highest BCUT2D eigenvalue weighted by atomic mass is 16.5. The van der Waals surface area contributed by atoms with Gasteiger partial charge in [0.25, 0.3) is 11.8 Å². The van der Waals surface area contributed by atoms with Crippen molar-refractivity contribution >= 4 is 17.8 Å². The van der Waals surface area contributed by atoms with Crippen LogP contribution in [-0.4, -0.2) is 37.0 Å². The normalized spacial score (nSPS) is 11.4. The van der Waals surface area contributed by atoms with Gasteiger partial charge in [-0.3, -0.25) is 14.4 Å². The fourth-order valence-corrected chi connectivity index (χ4v) is 1.66. The maximum absolute atomic E-state index is 11.8. The van der Waals surface area contributed by atoms with Crippen LogP contribution >= 0.6 is 0 Å². The van der Waals surface area contributed by atoms with E-state index in [0.29, 0.717) is 5.56 Å². The number of carbonyl (C=O) groups excluding carboxylic acids is 3. The number of rotatable bonds is 7. The third kappa shape index (κ3) is 6.39. The molecule has 0 radical (unpaired) electrons. The number of aryl methyl sites for hydroxylation is 1. The van der Waals surface area contributed by atoms with Gasteiger partial charge in [0, 0.05) is 11.6 Å². The number of ether oxygens (including phenoxy) is 1. The maximum Gasteiger partial charge on any atom is 0.325 e. The van der Waals surface area contributed by atoms with Crippen molar-refractivity contribution in [3.8, 4) is 0 Å². The molecule has 0 aromatic heterocycles. The van der Waals surface area contributed by atoms with Crippen LogP contribution in [-0.2, 0) is 14.3 Å². The van der Waals surface area contributed by atoms with Gasteiger partial charge in [-0.1, -0.05) is 24.6 Å². The van der Waals surface area contributed by atoms with Gasteiger partial charge < -0.3 is 15.4 Å². The van der Waals surface area contributed by atoms with Gasteiger partial charge in [0.2, 0.25) is 0 Å². The average Bonchev–Trinajstić information content (AvgIpc) is 2.50. The van der Waals surface area contributed by atoms with E-state index in [9.17, 15) is 14.4 Å². The van der Waals surface area contributed by atoms with Crippen LogP contribution in [0.25, 0.3) is 0 Å². The van der Waals surface area contributed by atoms with E-state index in [2.05, 4.69) is 10.6 Å². The van der Waals surface area contributed by atoms with E-state index < -0.39 is 5.97 Å². The maximum atomic E-state index is 11.8. The second-order valence-corrected chi connectivity index (χ2v) is 5.09. The largest absolute Gasteiger partial charge is 0.454 e. The summed E-state index contributed by atoms with van der Waals surface area (Å²) in [5, 5.41) is 5.13. The van der Waals surface area contributed by atoms with Crippen molar-refractivity contribution in [1.29, 1.82) is 0 Å². The highest BCUT2D eigenvalue weighted by Crippen LogP contribution is 2.03. The van der Waals surface area contributed by atoms with E-state index in [0.717, 1.165) is 12.0 Å². The number of carbonyl (C=O) groups is 3. The molecule has 0 heterocycles. The first kappa shape index (κ1) is 17.7. The third-order valence-corrected chi connectivity index (χ3v) is 3.06. The summed E-state index contributed by atoms with van der Waals surface area (Å²) in [6.45, 7) is 5.06. The van der Waals surface area contributed by atoms with Crippen LogP contribution < -0.4 is 10.6 Å². The van der Waals surface area contributed by atoms with E-state index in [-0.39, 0.29) is 31.0 Å². The van der Waals surface area contributed by atoms with Crippen LogP contribution in [0, 0.1) is 6.92 Å². The molecule has 120 valence electrons. The van der Waals surface area contributed by atoms with E-state index in [1.165, 1.54) is 0 Å². The summed E-state index contributed by atoms with van der Waals surface area (Å²) in [5.41, 5.74) is 1.43. The molecule has 0 saturated carbocycles. The second-order valence-electron chi connectivity index (χ2n) is 5.09. The van der Waals surface area contributed by atoms with Crippen LogP contribution in [0.4, 0.5) is 0 Å². The molecule has 0 aliphatic carbocycles.